The molecule has 6 heteroatoms. The van der Waals surface area contributed by atoms with Gasteiger partial charge in [0, 0.05) is 12.1 Å². The maximum absolute atomic E-state index is 5.62. The molecule has 4 nitrogen and oxygen atoms in total. The molecule has 0 radical (unpaired) electrons. The molecule has 0 aromatic carbocycles. The first-order valence-electron chi connectivity index (χ1n) is 4.97. The molecule has 0 amide bonds. The van der Waals surface area contributed by atoms with Gasteiger partial charge in [-0.2, -0.15) is 0 Å². The predicted octanol–water partition coefficient (Wildman–Crippen LogP) is 2.85. The van der Waals surface area contributed by atoms with E-state index in [0.29, 0.717) is 12.4 Å². The van der Waals surface area contributed by atoms with Gasteiger partial charge in [0.15, 0.2) is 4.67 Å². The molecule has 0 unspecified atom stereocenters. The zero-order chi connectivity index (χ0) is 11.4. The Morgan fingerprint density at radius 2 is 2.31 bits per heavy atom. The second kappa shape index (κ2) is 5.50. The van der Waals surface area contributed by atoms with E-state index >= 15 is 0 Å². The molecule has 2 rings (SSSR count). The van der Waals surface area contributed by atoms with Gasteiger partial charge >= 0.3 is 0 Å². The fraction of sp³-hybridized carbons (Fsp3) is 0.400. The number of hydrogen-bond donors (Lipinski definition) is 0. The minimum absolute atomic E-state index is 0.597. The van der Waals surface area contributed by atoms with Crippen LogP contribution in [0.25, 0.3) is 0 Å². The molecular weight excluding hydrogens is 293 g/mol. The lowest BCUT2D eigenvalue weighted by Gasteiger charge is -1.95. The van der Waals surface area contributed by atoms with Crippen LogP contribution in [0.4, 0.5) is 0 Å². The van der Waals surface area contributed by atoms with E-state index in [2.05, 4.69) is 26.2 Å². The van der Waals surface area contributed by atoms with Crippen molar-refractivity contribution in [2.24, 2.45) is 0 Å². The number of nitrogens with zero attached hydrogens (tertiary/aromatic N) is 3. The van der Waals surface area contributed by atoms with Crippen molar-refractivity contribution in [3.05, 3.63) is 34.5 Å². The molecular formula is C10H11BrClN3O. The first kappa shape index (κ1) is 11.7. The predicted molar refractivity (Wildman–Crippen MR) is 64.6 cm³/mol. The van der Waals surface area contributed by atoms with Crippen LogP contribution in [0.1, 0.15) is 17.9 Å². The normalized spacial score (nSPS) is 10.9. The molecule has 0 saturated carbocycles. The lowest BCUT2D eigenvalue weighted by molar-refractivity contribution is 0.459. The standard InChI is InChI=1S/C10H11BrClN3O/c11-10-4-3-9(16-10)7-15-6-8(13-14-15)2-1-5-12/h3-4,6H,1-2,5,7H2. The van der Waals surface area contributed by atoms with Crippen molar-refractivity contribution in [3.63, 3.8) is 0 Å². The highest BCUT2D eigenvalue weighted by Gasteiger charge is 2.04. The second-order valence-corrected chi connectivity index (χ2v) is 4.57. The molecule has 0 aliphatic heterocycles. The van der Waals surface area contributed by atoms with Crippen LogP contribution in [-0.4, -0.2) is 20.9 Å². The number of alkyl halides is 1. The van der Waals surface area contributed by atoms with E-state index in [1.54, 1.807) is 4.68 Å². The fourth-order valence-corrected chi connectivity index (χ4v) is 1.85. The largest absolute Gasteiger partial charge is 0.452 e. The molecule has 0 bridgehead atoms. The summed E-state index contributed by atoms with van der Waals surface area (Å²) < 4.78 is 7.87. The molecule has 0 spiro atoms. The van der Waals surface area contributed by atoms with E-state index in [9.17, 15) is 0 Å². The summed E-state index contributed by atoms with van der Waals surface area (Å²) in [5.41, 5.74) is 0.964. The fourth-order valence-electron chi connectivity index (χ4n) is 1.37. The van der Waals surface area contributed by atoms with Gasteiger partial charge in [0.2, 0.25) is 0 Å². The van der Waals surface area contributed by atoms with Gasteiger partial charge in [-0.25, -0.2) is 4.68 Å². The molecule has 2 aromatic rings. The van der Waals surface area contributed by atoms with E-state index in [1.807, 2.05) is 18.3 Å². The Kier molecular flexibility index (Phi) is 4.01. The molecule has 2 aromatic heterocycles. The maximum atomic E-state index is 5.62. The van der Waals surface area contributed by atoms with Gasteiger partial charge in [-0.1, -0.05) is 5.21 Å². The summed E-state index contributed by atoms with van der Waals surface area (Å²) >= 11 is 8.87. The molecule has 86 valence electrons. The monoisotopic (exact) mass is 303 g/mol. The van der Waals surface area contributed by atoms with Crippen LogP contribution >= 0.6 is 27.5 Å². The van der Waals surface area contributed by atoms with E-state index in [0.717, 1.165) is 29.0 Å². The topological polar surface area (TPSA) is 43.9 Å². The van der Waals surface area contributed by atoms with Crippen molar-refractivity contribution < 1.29 is 4.42 Å². The van der Waals surface area contributed by atoms with Crippen LogP contribution in [0, 0.1) is 0 Å². The Morgan fingerprint density at radius 3 is 3.00 bits per heavy atom. The number of furan rings is 1. The molecule has 0 saturated heterocycles. The van der Waals surface area contributed by atoms with Gasteiger partial charge in [-0.3, -0.25) is 0 Å². The Balaban J connectivity index is 1.97. The minimum Gasteiger partial charge on any atom is -0.452 e. The molecule has 0 atom stereocenters. The van der Waals surface area contributed by atoms with Crippen molar-refractivity contribution in [1.82, 2.24) is 15.0 Å². The number of aromatic nitrogens is 3. The summed E-state index contributed by atoms with van der Waals surface area (Å²) in [6, 6.07) is 3.77. The Morgan fingerprint density at radius 1 is 1.44 bits per heavy atom. The summed E-state index contributed by atoms with van der Waals surface area (Å²) in [7, 11) is 0. The molecule has 0 aliphatic carbocycles. The van der Waals surface area contributed by atoms with Crippen molar-refractivity contribution in [3.8, 4) is 0 Å². The third-order valence-corrected chi connectivity index (χ3v) is 2.79. The van der Waals surface area contributed by atoms with Gasteiger partial charge < -0.3 is 4.42 Å². The van der Waals surface area contributed by atoms with Gasteiger partial charge in [-0.15, -0.1) is 16.7 Å². The third-order valence-electron chi connectivity index (χ3n) is 2.10. The van der Waals surface area contributed by atoms with Crippen molar-refractivity contribution >= 4 is 27.5 Å². The van der Waals surface area contributed by atoms with Gasteiger partial charge in [0.1, 0.15) is 12.3 Å². The molecule has 0 aliphatic rings. The van der Waals surface area contributed by atoms with E-state index in [-0.39, 0.29) is 0 Å². The highest BCUT2D eigenvalue weighted by Crippen LogP contribution is 2.14. The molecule has 16 heavy (non-hydrogen) atoms. The third kappa shape index (κ3) is 3.09. The van der Waals surface area contributed by atoms with Gasteiger partial charge in [-0.05, 0) is 40.9 Å². The van der Waals surface area contributed by atoms with Crippen molar-refractivity contribution in [2.45, 2.75) is 19.4 Å². The number of hydrogen-bond acceptors (Lipinski definition) is 3. The van der Waals surface area contributed by atoms with Crippen molar-refractivity contribution in [1.29, 1.82) is 0 Å². The summed E-state index contributed by atoms with van der Waals surface area (Å²) in [6.45, 7) is 0.597. The summed E-state index contributed by atoms with van der Waals surface area (Å²) in [5.74, 6) is 1.50. The van der Waals surface area contributed by atoms with Gasteiger partial charge in [0.05, 0.1) is 5.69 Å². The summed E-state index contributed by atoms with van der Waals surface area (Å²) in [5, 5.41) is 8.08. The van der Waals surface area contributed by atoms with E-state index in [1.165, 1.54) is 0 Å². The highest BCUT2D eigenvalue weighted by molar-refractivity contribution is 9.10. The van der Waals surface area contributed by atoms with Crippen LogP contribution in [0.5, 0.6) is 0 Å². The van der Waals surface area contributed by atoms with Crippen LogP contribution in [-0.2, 0) is 13.0 Å². The zero-order valence-electron chi connectivity index (χ0n) is 8.57. The van der Waals surface area contributed by atoms with E-state index < -0.39 is 0 Å². The zero-order valence-corrected chi connectivity index (χ0v) is 10.9. The summed E-state index contributed by atoms with van der Waals surface area (Å²) in [6.07, 6.45) is 3.71. The first-order valence-corrected chi connectivity index (χ1v) is 6.30. The average molecular weight is 305 g/mol. The second-order valence-electron chi connectivity index (χ2n) is 3.41. The lowest BCUT2D eigenvalue weighted by atomic mass is 10.3. The highest BCUT2D eigenvalue weighted by atomic mass is 79.9. The van der Waals surface area contributed by atoms with Crippen molar-refractivity contribution in [2.75, 3.05) is 5.88 Å². The average Bonchev–Trinajstić information content (AvgIpc) is 2.86. The molecule has 0 N–H and O–H groups in total. The summed E-state index contributed by atoms with van der Waals surface area (Å²) in [4.78, 5) is 0. The quantitative estimate of drug-likeness (QED) is 0.798. The Hall–Kier alpha value is -0.810. The lowest BCUT2D eigenvalue weighted by Crippen LogP contribution is -1.98. The van der Waals surface area contributed by atoms with E-state index in [4.69, 9.17) is 16.0 Å². The Bertz CT molecular complexity index is 454. The first-order chi connectivity index (χ1) is 7.78. The number of aryl methyl sites for hydroxylation is 1. The SMILES string of the molecule is ClCCCc1cn(Cc2ccc(Br)o2)nn1. The smallest absolute Gasteiger partial charge is 0.169 e. The van der Waals surface area contributed by atoms with Crippen LogP contribution in [0.2, 0.25) is 0 Å². The maximum Gasteiger partial charge on any atom is 0.169 e. The molecule has 2 heterocycles. The van der Waals surface area contributed by atoms with Crippen LogP contribution < -0.4 is 0 Å². The van der Waals surface area contributed by atoms with Crippen LogP contribution in [0.3, 0.4) is 0 Å². The Labute approximate surface area is 107 Å². The van der Waals surface area contributed by atoms with Gasteiger partial charge in [0.25, 0.3) is 0 Å². The minimum atomic E-state index is 0.597. The number of halogens is 2. The molecule has 0 fully saturated rings. The van der Waals surface area contributed by atoms with Crippen LogP contribution in [0.15, 0.2) is 27.4 Å². The number of rotatable bonds is 5.